The van der Waals surface area contributed by atoms with E-state index in [1.165, 1.54) is 6.21 Å². The van der Waals surface area contributed by atoms with Crippen LogP contribution >= 0.6 is 0 Å². The molecule has 2 aromatic heterocycles. The van der Waals surface area contributed by atoms with Crippen molar-refractivity contribution >= 4 is 23.2 Å². The first kappa shape index (κ1) is 24.9. The summed E-state index contributed by atoms with van der Waals surface area (Å²) in [5.41, 5.74) is 2.87. The maximum absolute atomic E-state index is 7.85. The molecule has 0 amide bonds. The largest absolute Gasteiger partial charge is 0.473 e. The number of nitrogens with one attached hydrogen (secondary N) is 3. The highest BCUT2D eigenvalue weighted by atomic mass is 16.5. The van der Waals surface area contributed by atoms with Crippen molar-refractivity contribution in [3.63, 3.8) is 0 Å². The second-order valence-electron chi connectivity index (χ2n) is 9.79. The summed E-state index contributed by atoms with van der Waals surface area (Å²) in [5.74, 6) is 0.899. The molecule has 36 heavy (non-hydrogen) atoms. The Bertz CT molecular complexity index is 1060. The van der Waals surface area contributed by atoms with Gasteiger partial charge in [0.25, 0.3) is 0 Å². The van der Waals surface area contributed by atoms with Crippen molar-refractivity contribution in [3.05, 3.63) is 29.7 Å². The van der Waals surface area contributed by atoms with Gasteiger partial charge in [0.1, 0.15) is 6.10 Å². The number of aromatic nitrogens is 3. The van der Waals surface area contributed by atoms with Gasteiger partial charge in [-0.15, -0.1) is 0 Å². The third-order valence-corrected chi connectivity index (χ3v) is 7.24. The summed E-state index contributed by atoms with van der Waals surface area (Å²) in [6.45, 7) is 7.19. The topological polar surface area (TPSA) is 118 Å². The second-order valence-corrected chi connectivity index (χ2v) is 9.79. The van der Waals surface area contributed by atoms with E-state index in [2.05, 4.69) is 25.5 Å². The van der Waals surface area contributed by atoms with Crippen molar-refractivity contribution in [1.82, 2.24) is 25.2 Å². The maximum Gasteiger partial charge on any atom is 0.245 e. The van der Waals surface area contributed by atoms with Crippen molar-refractivity contribution in [1.29, 1.82) is 5.41 Å². The van der Waals surface area contributed by atoms with Crippen LogP contribution in [0.3, 0.4) is 0 Å². The summed E-state index contributed by atoms with van der Waals surface area (Å²) < 4.78 is 17.4. The van der Waals surface area contributed by atoms with Crippen LogP contribution in [0.15, 0.2) is 24.0 Å². The zero-order valence-electron chi connectivity index (χ0n) is 21.0. The molecule has 0 radical (unpaired) electrons. The second kappa shape index (κ2) is 11.9. The minimum atomic E-state index is 0.100. The number of anilines is 1. The molecule has 10 nitrogen and oxygen atoms in total. The molecular formula is C26H37N7O3. The first-order chi connectivity index (χ1) is 17.7. The van der Waals surface area contributed by atoms with Crippen LogP contribution in [0.2, 0.25) is 0 Å². The molecule has 2 aliphatic heterocycles. The Balaban J connectivity index is 1.29. The first-order valence-corrected chi connectivity index (χ1v) is 13.1. The fourth-order valence-corrected chi connectivity index (χ4v) is 5.17. The molecule has 10 heteroatoms. The van der Waals surface area contributed by atoms with E-state index >= 15 is 0 Å². The van der Waals surface area contributed by atoms with Crippen LogP contribution in [0, 0.1) is 12.3 Å². The number of fused-ring (bicyclic) bond motifs is 1. The SMILES string of the molecule is Cc1ccc2nc(N/C(C=N)=C/NC3CCOCC3)nc(O[C@H]3CC[C@H](N4CCOCC4)CC3)c2n1. The molecule has 1 aliphatic carbocycles. The van der Waals surface area contributed by atoms with E-state index in [4.69, 9.17) is 24.6 Å². The summed E-state index contributed by atoms with van der Waals surface area (Å²) in [4.78, 5) is 16.6. The lowest BCUT2D eigenvalue weighted by atomic mass is 9.91. The zero-order chi connectivity index (χ0) is 24.7. The fraction of sp³-hybridized carbons (Fsp3) is 0.615. The van der Waals surface area contributed by atoms with E-state index in [-0.39, 0.29) is 6.10 Å². The van der Waals surface area contributed by atoms with Crippen LogP contribution in [0.5, 0.6) is 5.88 Å². The van der Waals surface area contributed by atoms with Gasteiger partial charge in [-0.2, -0.15) is 4.98 Å². The Morgan fingerprint density at radius 2 is 1.75 bits per heavy atom. The molecule has 2 aromatic rings. The molecule has 4 heterocycles. The number of aryl methyl sites for hydroxylation is 1. The highest BCUT2D eigenvalue weighted by Gasteiger charge is 2.28. The lowest BCUT2D eigenvalue weighted by molar-refractivity contribution is -0.00126. The molecule has 2 saturated heterocycles. The highest BCUT2D eigenvalue weighted by Crippen LogP contribution is 2.30. The summed E-state index contributed by atoms with van der Waals surface area (Å²) in [7, 11) is 0. The van der Waals surface area contributed by atoms with E-state index in [0.29, 0.717) is 35.1 Å². The van der Waals surface area contributed by atoms with E-state index in [9.17, 15) is 0 Å². The maximum atomic E-state index is 7.85. The van der Waals surface area contributed by atoms with Gasteiger partial charge in [-0.1, -0.05) is 0 Å². The van der Waals surface area contributed by atoms with Gasteiger partial charge < -0.3 is 30.3 Å². The monoisotopic (exact) mass is 495 g/mol. The molecule has 0 atom stereocenters. The summed E-state index contributed by atoms with van der Waals surface area (Å²) in [6.07, 6.45) is 9.29. The number of rotatable bonds is 8. The van der Waals surface area contributed by atoms with E-state index in [1.807, 2.05) is 25.3 Å². The van der Waals surface area contributed by atoms with Gasteiger partial charge in [-0.05, 0) is 57.6 Å². The van der Waals surface area contributed by atoms with Gasteiger partial charge in [-0.3, -0.25) is 4.90 Å². The lowest BCUT2D eigenvalue weighted by Gasteiger charge is -2.38. The molecule has 3 fully saturated rings. The molecule has 0 spiro atoms. The van der Waals surface area contributed by atoms with Crippen LogP contribution in [-0.4, -0.2) is 83.8 Å². The fourth-order valence-electron chi connectivity index (χ4n) is 5.17. The summed E-state index contributed by atoms with van der Waals surface area (Å²) in [6, 6.07) is 4.83. The average molecular weight is 496 g/mol. The van der Waals surface area contributed by atoms with E-state index < -0.39 is 0 Å². The molecule has 0 aromatic carbocycles. The number of hydrogen-bond donors (Lipinski definition) is 3. The van der Waals surface area contributed by atoms with Crippen LogP contribution in [0.4, 0.5) is 5.95 Å². The number of allylic oxidation sites excluding steroid dienone is 1. The predicted molar refractivity (Wildman–Crippen MR) is 139 cm³/mol. The van der Waals surface area contributed by atoms with Gasteiger partial charge >= 0.3 is 0 Å². The predicted octanol–water partition coefficient (Wildman–Crippen LogP) is 3.03. The number of pyridine rings is 1. The van der Waals surface area contributed by atoms with Gasteiger partial charge in [0.15, 0.2) is 5.52 Å². The molecular weight excluding hydrogens is 458 g/mol. The first-order valence-electron chi connectivity index (χ1n) is 13.1. The average Bonchev–Trinajstić information content (AvgIpc) is 2.93. The molecule has 3 aliphatic rings. The van der Waals surface area contributed by atoms with Gasteiger partial charge in [-0.25, -0.2) is 9.97 Å². The molecule has 194 valence electrons. The number of hydrogen-bond acceptors (Lipinski definition) is 10. The van der Waals surface area contributed by atoms with Crippen LogP contribution < -0.4 is 15.4 Å². The van der Waals surface area contributed by atoms with Crippen molar-refractivity contribution in [2.75, 3.05) is 44.8 Å². The standard InChI is InChI=1S/C26H37N7O3/c1-18-2-7-23-24(29-18)25(36-22-5-3-21(4-6-22)33-10-14-35-15-11-33)32-26(31-23)30-20(16-27)17-28-19-8-12-34-13-9-19/h2,7,16-17,19,21-22,27-28H,3-6,8-15H2,1H3,(H,30,31,32)/b20-17+,27-16?/t21-,22-. The third kappa shape index (κ3) is 6.29. The quantitative estimate of drug-likeness (QED) is 0.475. The van der Waals surface area contributed by atoms with Crippen molar-refractivity contribution in [3.8, 4) is 5.88 Å². The zero-order valence-corrected chi connectivity index (χ0v) is 21.0. The summed E-state index contributed by atoms with van der Waals surface area (Å²) >= 11 is 0. The molecule has 0 unspecified atom stereocenters. The summed E-state index contributed by atoms with van der Waals surface area (Å²) in [5, 5.41) is 14.4. The minimum absolute atomic E-state index is 0.100. The van der Waals surface area contributed by atoms with Crippen LogP contribution in [-0.2, 0) is 9.47 Å². The van der Waals surface area contributed by atoms with Gasteiger partial charge in [0.05, 0.1) is 24.4 Å². The Hall–Kier alpha value is -2.82. The van der Waals surface area contributed by atoms with Crippen molar-refractivity contribution < 1.29 is 14.2 Å². The van der Waals surface area contributed by atoms with Gasteiger partial charge in [0.2, 0.25) is 11.8 Å². The Morgan fingerprint density at radius 1 is 1.00 bits per heavy atom. The number of ether oxygens (including phenoxy) is 3. The number of morpholine rings is 1. The van der Waals surface area contributed by atoms with E-state index in [1.54, 1.807) is 0 Å². The Labute approximate surface area is 212 Å². The lowest BCUT2D eigenvalue weighted by Crippen LogP contribution is -2.46. The number of nitrogens with zero attached hydrogens (tertiary/aromatic N) is 4. The smallest absolute Gasteiger partial charge is 0.245 e. The minimum Gasteiger partial charge on any atom is -0.473 e. The van der Waals surface area contributed by atoms with Gasteiger partial charge in [0, 0.05) is 56.5 Å². The molecule has 0 bridgehead atoms. The highest BCUT2D eigenvalue weighted by molar-refractivity contribution is 5.83. The van der Waals surface area contributed by atoms with Crippen molar-refractivity contribution in [2.45, 2.75) is 63.6 Å². The van der Waals surface area contributed by atoms with Crippen LogP contribution in [0.1, 0.15) is 44.2 Å². The molecule has 1 saturated carbocycles. The third-order valence-electron chi connectivity index (χ3n) is 7.24. The normalized spacial score (nSPS) is 24.4. The van der Waals surface area contributed by atoms with E-state index in [0.717, 1.165) is 89.3 Å². The van der Waals surface area contributed by atoms with Crippen molar-refractivity contribution in [2.24, 2.45) is 0 Å². The Morgan fingerprint density at radius 3 is 2.50 bits per heavy atom. The molecule has 3 N–H and O–H groups in total. The molecule has 5 rings (SSSR count). The van der Waals surface area contributed by atoms with Crippen LogP contribution in [0.25, 0.3) is 11.0 Å². The Kier molecular flexibility index (Phi) is 8.25.